The molecular weight excluding hydrogens is 392 g/mol. The molecule has 0 saturated heterocycles. The first kappa shape index (κ1) is 20.3. The molecule has 9 heteroatoms. The van der Waals surface area contributed by atoms with Crippen LogP contribution >= 0.6 is 11.3 Å². The Kier molecular flexibility index (Phi) is 6.08. The molecule has 2 heterocycles. The highest BCUT2D eigenvalue weighted by Crippen LogP contribution is 2.42. The minimum Gasteiger partial charge on any atom is -0.496 e. The molecule has 0 spiro atoms. The first-order chi connectivity index (χ1) is 14.0. The SMILES string of the molecule is C/C=C(\C=N)Nc1ncc2sc(C)c(-c3ccc(OCC(=O)O)cc3OC)c2n1. The third-order valence-electron chi connectivity index (χ3n) is 4.13. The second-order valence-electron chi connectivity index (χ2n) is 6.00. The van der Waals surface area contributed by atoms with Gasteiger partial charge in [-0.1, -0.05) is 6.08 Å². The number of ether oxygens (including phenoxy) is 2. The van der Waals surface area contributed by atoms with Crippen LogP contribution in [0.2, 0.25) is 0 Å². The number of thiophene rings is 1. The summed E-state index contributed by atoms with van der Waals surface area (Å²) < 4.78 is 11.7. The maximum Gasteiger partial charge on any atom is 0.341 e. The van der Waals surface area contributed by atoms with E-state index in [1.807, 2.05) is 19.9 Å². The van der Waals surface area contributed by atoms with Crippen molar-refractivity contribution in [3.63, 3.8) is 0 Å². The molecule has 0 radical (unpaired) electrons. The van der Waals surface area contributed by atoms with Crippen molar-refractivity contribution in [2.45, 2.75) is 13.8 Å². The predicted molar refractivity (Wildman–Crippen MR) is 113 cm³/mol. The van der Waals surface area contributed by atoms with E-state index in [4.69, 9.17) is 20.0 Å². The minimum absolute atomic E-state index is 0.397. The number of aryl methyl sites for hydroxylation is 1. The molecule has 3 aromatic rings. The Hall–Kier alpha value is -3.46. The first-order valence-corrected chi connectivity index (χ1v) is 9.51. The summed E-state index contributed by atoms with van der Waals surface area (Å²) in [4.78, 5) is 20.7. The first-order valence-electron chi connectivity index (χ1n) is 8.69. The van der Waals surface area contributed by atoms with Crippen LogP contribution in [0.5, 0.6) is 11.5 Å². The van der Waals surface area contributed by atoms with Gasteiger partial charge in [-0.05, 0) is 26.0 Å². The molecular formula is C20H20N4O4S. The van der Waals surface area contributed by atoms with Gasteiger partial charge in [-0.15, -0.1) is 11.3 Å². The van der Waals surface area contributed by atoms with E-state index in [-0.39, 0.29) is 0 Å². The monoisotopic (exact) mass is 412 g/mol. The number of aromatic nitrogens is 2. The normalized spacial score (nSPS) is 11.3. The van der Waals surface area contributed by atoms with Gasteiger partial charge < -0.3 is 25.3 Å². The number of rotatable bonds is 8. The lowest BCUT2D eigenvalue weighted by Gasteiger charge is -2.12. The molecule has 0 amide bonds. The molecule has 29 heavy (non-hydrogen) atoms. The topological polar surface area (TPSA) is 117 Å². The van der Waals surface area contributed by atoms with Crippen molar-refractivity contribution in [3.8, 4) is 22.6 Å². The summed E-state index contributed by atoms with van der Waals surface area (Å²) in [5, 5.41) is 19.2. The lowest BCUT2D eigenvalue weighted by atomic mass is 10.0. The van der Waals surface area contributed by atoms with Crippen molar-refractivity contribution in [2.24, 2.45) is 0 Å². The van der Waals surface area contributed by atoms with E-state index >= 15 is 0 Å². The Morgan fingerprint density at radius 1 is 1.41 bits per heavy atom. The summed E-state index contributed by atoms with van der Waals surface area (Å²) in [6.07, 6.45) is 4.71. The van der Waals surface area contributed by atoms with E-state index in [0.717, 1.165) is 26.2 Å². The second-order valence-corrected chi connectivity index (χ2v) is 7.25. The summed E-state index contributed by atoms with van der Waals surface area (Å²) in [6.45, 7) is 3.40. The molecule has 0 saturated carbocycles. The summed E-state index contributed by atoms with van der Waals surface area (Å²) in [5.41, 5.74) is 3.09. The number of hydrogen-bond donors (Lipinski definition) is 3. The highest BCUT2D eigenvalue weighted by molar-refractivity contribution is 7.19. The zero-order valence-corrected chi connectivity index (χ0v) is 17.0. The highest BCUT2D eigenvalue weighted by Gasteiger charge is 2.18. The lowest BCUT2D eigenvalue weighted by molar-refractivity contribution is -0.139. The van der Waals surface area contributed by atoms with Crippen molar-refractivity contribution < 1.29 is 19.4 Å². The fourth-order valence-corrected chi connectivity index (χ4v) is 3.81. The molecule has 0 aliphatic heterocycles. The van der Waals surface area contributed by atoms with Crippen molar-refractivity contribution in [1.29, 1.82) is 5.41 Å². The third kappa shape index (κ3) is 4.35. The molecule has 150 valence electrons. The van der Waals surface area contributed by atoms with E-state index in [9.17, 15) is 4.79 Å². The smallest absolute Gasteiger partial charge is 0.341 e. The standard InChI is InChI=1S/C20H20N4O4S/c1-4-12(8-21)23-20-22-9-16-19(24-20)18(11(2)29-16)14-6-5-13(7-15(14)27-3)28-10-17(25)26/h4-9,21H,10H2,1-3H3,(H,25,26)(H,22,23,24)/b12-4+,21-8?. The molecule has 0 fully saturated rings. The molecule has 1 aromatic carbocycles. The van der Waals surface area contributed by atoms with Gasteiger partial charge >= 0.3 is 5.97 Å². The molecule has 8 nitrogen and oxygen atoms in total. The van der Waals surface area contributed by atoms with Crippen molar-refractivity contribution in [1.82, 2.24) is 9.97 Å². The molecule has 3 rings (SSSR count). The van der Waals surface area contributed by atoms with Crippen LogP contribution in [0, 0.1) is 12.3 Å². The van der Waals surface area contributed by atoms with Crippen LogP contribution in [0.4, 0.5) is 5.95 Å². The lowest BCUT2D eigenvalue weighted by Crippen LogP contribution is -2.09. The molecule has 2 aromatic heterocycles. The van der Waals surface area contributed by atoms with E-state index in [1.165, 1.54) is 6.21 Å². The van der Waals surface area contributed by atoms with E-state index < -0.39 is 12.6 Å². The average molecular weight is 412 g/mol. The summed E-state index contributed by atoms with van der Waals surface area (Å²) in [6, 6.07) is 5.19. The fourth-order valence-electron chi connectivity index (χ4n) is 2.82. The Balaban J connectivity index is 2.07. The van der Waals surface area contributed by atoms with Gasteiger partial charge in [0.15, 0.2) is 6.61 Å². The molecule has 0 unspecified atom stereocenters. The van der Waals surface area contributed by atoms with Crippen LogP contribution in [0.1, 0.15) is 11.8 Å². The molecule has 0 atom stereocenters. The van der Waals surface area contributed by atoms with E-state index in [2.05, 4.69) is 15.3 Å². The van der Waals surface area contributed by atoms with Crippen LogP contribution in [-0.2, 0) is 4.79 Å². The van der Waals surface area contributed by atoms with Gasteiger partial charge in [-0.25, -0.2) is 14.8 Å². The zero-order valence-electron chi connectivity index (χ0n) is 16.1. The largest absolute Gasteiger partial charge is 0.496 e. The average Bonchev–Trinajstić information content (AvgIpc) is 3.05. The number of carbonyl (C=O) groups is 1. The molecule has 0 aliphatic rings. The Morgan fingerprint density at radius 2 is 2.21 bits per heavy atom. The maximum atomic E-state index is 10.7. The summed E-state index contributed by atoms with van der Waals surface area (Å²) >= 11 is 1.57. The third-order valence-corrected chi connectivity index (χ3v) is 5.16. The van der Waals surface area contributed by atoms with Gasteiger partial charge in [-0.3, -0.25) is 0 Å². The van der Waals surface area contributed by atoms with Crippen LogP contribution in [0.3, 0.4) is 0 Å². The van der Waals surface area contributed by atoms with E-state index in [1.54, 1.807) is 42.9 Å². The maximum absolute atomic E-state index is 10.7. The predicted octanol–water partition coefficient (Wildman–Crippen LogP) is 4.10. The van der Waals surface area contributed by atoms with E-state index in [0.29, 0.717) is 23.1 Å². The number of carboxylic acids is 1. The number of aliphatic carboxylic acids is 1. The Labute approximate surface area is 171 Å². The number of benzene rings is 1. The number of nitrogens with one attached hydrogen (secondary N) is 2. The van der Waals surface area contributed by atoms with Gasteiger partial charge in [0.2, 0.25) is 5.95 Å². The van der Waals surface area contributed by atoms with Crippen LogP contribution in [0.25, 0.3) is 21.3 Å². The minimum atomic E-state index is -1.05. The van der Waals surface area contributed by atoms with Gasteiger partial charge in [0.05, 0.1) is 29.2 Å². The zero-order chi connectivity index (χ0) is 21.0. The van der Waals surface area contributed by atoms with Crippen LogP contribution in [-0.4, -0.2) is 41.0 Å². The number of anilines is 1. The summed E-state index contributed by atoms with van der Waals surface area (Å²) in [5.74, 6) is 0.312. The number of methoxy groups -OCH3 is 1. The van der Waals surface area contributed by atoms with Crippen molar-refractivity contribution in [3.05, 3.63) is 41.0 Å². The number of allylic oxidation sites excluding steroid dienone is 2. The summed E-state index contributed by atoms with van der Waals surface area (Å²) in [7, 11) is 1.55. The van der Waals surface area contributed by atoms with Gasteiger partial charge in [0, 0.05) is 28.3 Å². The van der Waals surface area contributed by atoms with Crippen molar-refractivity contribution >= 4 is 39.7 Å². The second kappa shape index (κ2) is 8.70. The number of fused-ring (bicyclic) bond motifs is 1. The van der Waals surface area contributed by atoms with Crippen molar-refractivity contribution in [2.75, 3.05) is 19.0 Å². The number of nitrogens with zero attached hydrogens (tertiary/aromatic N) is 2. The quantitative estimate of drug-likeness (QED) is 0.477. The van der Waals surface area contributed by atoms with Gasteiger partial charge in [0.1, 0.15) is 11.5 Å². The number of carboxylic acid groups (broad SMARTS) is 1. The molecule has 3 N–H and O–H groups in total. The van der Waals surface area contributed by atoms with Gasteiger partial charge in [0.25, 0.3) is 0 Å². The molecule has 0 bridgehead atoms. The highest BCUT2D eigenvalue weighted by atomic mass is 32.1. The number of hydrogen-bond acceptors (Lipinski definition) is 8. The van der Waals surface area contributed by atoms with Crippen LogP contribution < -0.4 is 14.8 Å². The van der Waals surface area contributed by atoms with Gasteiger partial charge in [-0.2, -0.15) is 0 Å². The van der Waals surface area contributed by atoms with Crippen LogP contribution in [0.15, 0.2) is 36.2 Å². The molecule has 0 aliphatic carbocycles. The fraction of sp³-hybridized carbons (Fsp3) is 0.200. The Morgan fingerprint density at radius 3 is 2.86 bits per heavy atom. The Bertz CT molecular complexity index is 1110.